The second kappa shape index (κ2) is 8.00. The molecule has 0 spiro atoms. The second-order valence-electron chi connectivity index (χ2n) is 5.09. The first-order valence-corrected chi connectivity index (χ1v) is 7.31. The molecule has 5 nitrogen and oxygen atoms in total. The zero-order valence-electron chi connectivity index (χ0n) is 12.7. The van der Waals surface area contributed by atoms with Crippen LogP contribution in [0.25, 0.3) is 0 Å². The van der Waals surface area contributed by atoms with Gasteiger partial charge in [-0.2, -0.15) is 0 Å². The van der Waals surface area contributed by atoms with Gasteiger partial charge in [0.2, 0.25) is 0 Å². The third-order valence-electron chi connectivity index (χ3n) is 3.64. The number of hydrogen-bond donors (Lipinski definition) is 1. The van der Waals surface area contributed by atoms with Crippen LogP contribution in [-0.2, 0) is 4.74 Å². The van der Waals surface area contributed by atoms with Gasteiger partial charge in [-0.1, -0.05) is 0 Å². The van der Waals surface area contributed by atoms with Gasteiger partial charge in [-0.3, -0.25) is 4.79 Å². The number of benzene rings is 1. The number of ether oxygens (including phenoxy) is 3. The molecule has 1 aliphatic rings. The SMILES string of the molecule is COc1cc(OC)cc(C(=O)CCOC2CCNCC2)c1. The predicted octanol–water partition coefficient (Wildman–Crippen LogP) is 2.05. The molecule has 1 aromatic carbocycles. The number of carbonyl (C=O) groups is 1. The molecule has 1 heterocycles. The molecule has 1 fully saturated rings. The van der Waals surface area contributed by atoms with Gasteiger partial charge in [-0.25, -0.2) is 0 Å². The molecule has 2 rings (SSSR count). The minimum absolute atomic E-state index is 0.0427. The number of carbonyl (C=O) groups excluding carboxylic acids is 1. The number of rotatable bonds is 7. The number of hydrogen-bond acceptors (Lipinski definition) is 5. The Morgan fingerprint density at radius 1 is 1.14 bits per heavy atom. The van der Waals surface area contributed by atoms with Crippen LogP contribution in [0.15, 0.2) is 18.2 Å². The summed E-state index contributed by atoms with van der Waals surface area (Å²) in [6, 6.07) is 5.22. The van der Waals surface area contributed by atoms with Crippen LogP contribution >= 0.6 is 0 Å². The standard InChI is InChI=1S/C16H23NO4/c1-19-14-9-12(10-15(11-14)20-2)16(18)5-8-21-13-3-6-17-7-4-13/h9-11,13,17H,3-8H2,1-2H3. The van der Waals surface area contributed by atoms with Crippen molar-refractivity contribution in [1.29, 1.82) is 0 Å². The fourth-order valence-electron chi connectivity index (χ4n) is 2.39. The van der Waals surface area contributed by atoms with E-state index in [4.69, 9.17) is 14.2 Å². The lowest BCUT2D eigenvalue weighted by atomic mass is 10.1. The molecule has 0 saturated carbocycles. The molecule has 21 heavy (non-hydrogen) atoms. The first-order chi connectivity index (χ1) is 10.2. The van der Waals surface area contributed by atoms with Gasteiger partial charge < -0.3 is 19.5 Å². The highest BCUT2D eigenvalue weighted by molar-refractivity contribution is 5.96. The second-order valence-corrected chi connectivity index (χ2v) is 5.09. The Labute approximate surface area is 125 Å². The number of nitrogens with one attached hydrogen (secondary N) is 1. The van der Waals surface area contributed by atoms with E-state index in [0.717, 1.165) is 25.9 Å². The van der Waals surface area contributed by atoms with E-state index in [9.17, 15) is 4.79 Å². The number of methoxy groups -OCH3 is 2. The molecule has 0 atom stereocenters. The summed E-state index contributed by atoms with van der Waals surface area (Å²) < 4.78 is 16.1. The van der Waals surface area contributed by atoms with Gasteiger partial charge in [0.15, 0.2) is 5.78 Å². The summed E-state index contributed by atoms with van der Waals surface area (Å²) >= 11 is 0. The quantitative estimate of drug-likeness (QED) is 0.780. The number of ketones is 1. The van der Waals surface area contributed by atoms with Gasteiger partial charge >= 0.3 is 0 Å². The fourth-order valence-corrected chi connectivity index (χ4v) is 2.39. The highest BCUT2D eigenvalue weighted by atomic mass is 16.5. The summed E-state index contributed by atoms with van der Waals surface area (Å²) in [6.07, 6.45) is 2.68. The van der Waals surface area contributed by atoms with Crippen LogP contribution in [-0.4, -0.2) is 45.8 Å². The average Bonchev–Trinajstić information content (AvgIpc) is 2.55. The molecular weight excluding hydrogens is 270 g/mol. The summed E-state index contributed by atoms with van der Waals surface area (Å²) in [4.78, 5) is 12.2. The van der Waals surface area contributed by atoms with Crippen molar-refractivity contribution in [2.75, 3.05) is 33.9 Å². The summed E-state index contributed by atoms with van der Waals surface area (Å²) in [6.45, 7) is 2.44. The Morgan fingerprint density at radius 2 is 1.76 bits per heavy atom. The molecule has 5 heteroatoms. The van der Waals surface area contributed by atoms with Crippen molar-refractivity contribution in [3.63, 3.8) is 0 Å². The zero-order valence-corrected chi connectivity index (χ0v) is 12.7. The molecule has 0 aromatic heterocycles. The van der Waals surface area contributed by atoms with Crippen molar-refractivity contribution in [3.8, 4) is 11.5 Å². The number of Topliss-reactive ketones (excluding diaryl/α,β-unsaturated/α-hetero) is 1. The number of piperidine rings is 1. The van der Waals surface area contributed by atoms with Crippen molar-refractivity contribution >= 4 is 5.78 Å². The molecule has 0 bridgehead atoms. The summed E-state index contributed by atoms with van der Waals surface area (Å²) in [5.41, 5.74) is 0.597. The van der Waals surface area contributed by atoms with Gasteiger partial charge in [0.05, 0.1) is 26.9 Å². The Balaban J connectivity index is 1.87. The van der Waals surface area contributed by atoms with E-state index in [0.29, 0.717) is 30.1 Å². The highest BCUT2D eigenvalue weighted by Crippen LogP contribution is 2.23. The van der Waals surface area contributed by atoms with Crippen molar-refractivity contribution in [2.45, 2.75) is 25.4 Å². The molecule has 0 aliphatic carbocycles. The lowest BCUT2D eigenvalue weighted by Crippen LogP contribution is -2.32. The van der Waals surface area contributed by atoms with Crippen molar-refractivity contribution in [1.82, 2.24) is 5.32 Å². The topological polar surface area (TPSA) is 56.8 Å². The lowest BCUT2D eigenvalue weighted by Gasteiger charge is -2.22. The summed E-state index contributed by atoms with van der Waals surface area (Å²) in [5.74, 6) is 1.29. The van der Waals surface area contributed by atoms with Crippen LogP contribution in [0.5, 0.6) is 11.5 Å². The van der Waals surface area contributed by atoms with Gasteiger partial charge in [0.25, 0.3) is 0 Å². The van der Waals surface area contributed by atoms with Crippen LogP contribution in [0.3, 0.4) is 0 Å². The van der Waals surface area contributed by atoms with Crippen LogP contribution in [0.1, 0.15) is 29.6 Å². The minimum Gasteiger partial charge on any atom is -0.497 e. The molecular formula is C16H23NO4. The smallest absolute Gasteiger partial charge is 0.165 e. The summed E-state index contributed by atoms with van der Waals surface area (Å²) in [5, 5.41) is 3.29. The van der Waals surface area contributed by atoms with E-state index in [1.807, 2.05) is 0 Å². The Hall–Kier alpha value is -1.59. The first-order valence-electron chi connectivity index (χ1n) is 7.31. The Bertz CT molecular complexity index is 447. The highest BCUT2D eigenvalue weighted by Gasteiger charge is 2.15. The monoisotopic (exact) mass is 293 g/mol. The first kappa shape index (κ1) is 15.8. The lowest BCUT2D eigenvalue weighted by molar-refractivity contribution is 0.0313. The normalized spacial score (nSPS) is 15.7. The third-order valence-corrected chi connectivity index (χ3v) is 3.64. The van der Waals surface area contributed by atoms with E-state index < -0.39 is 0 Å². The predicted molar refractivity (Wildman–Crippen MR) is 80.3 cm³/mol. The van der Waals surface area contributed by atoms with E-state index >= 15 is 0 Å². The van der Waals surface area contributed by atoms with E-state index in [1.165, 1.54) is 0 Å². The molecule has 0 amide bonds. The molecule has 0 unspecified atom stereocenters. The molecule has 116 valence electrons. The van der Waals surface area contributed by atoms with Crippen LogP contribution in [0, 0.1) is 0 Å². The zero-order chi connectivity index (χ0) is 15.1. The minimum atomic E-state index is 0.0427. The van der Waals surface area contributed by atoms with Crippen LogP contribution < -0.4 is 14.8 Å². The average molecular weight is 293 g/mol. The van der Waals surface area contributed by atoms with Gasteiger partial charge in [0, 0.05) is 18.1 Å². The van der Waals surface area contributed by atoms with Crippen molar-refractivity contribution in [2.24, 2.45) is 0 Å². The maximum Gasteiger partial charge on any atom is 0.165 e. The van der Waals surface area contributed by atoms with E-state index in [2.05, 4.69) is 5.32 Å². The Morgan fingerprint density at radius 3 is 2.33 bits per heavy atom. The molecule has 1 saturated heterocycles. The van der Waals surface area contributed by atoms with Gasteiger partial charge in [-0.15, -0.1) is 0 Å². The van der Waals surface area contributed by atoms with Gasteiger partial charge in [0.1, 0.15) is 11.5 Å². The van der Waals surface area contributed by atoms with Gasteiger partial charge in [-0.05, 0) is 38.1 Å². The molecule has 0 radical (unpaired) electrons. The molecule has 1 aromatic rings. The van der Waals surface area contributed by atoms with Crippen LogP contribution in [0.2, 0.25) is 0 Å². The Kier molecular flexibility index (Phi) is 6.02. The molecule has 1 N–H and O–H groups in total. The maximum absolute atomic E-state index is 12.2. The van der Waals surface area contributed by atoms with Crippen molar-refractivity contribution in [3.05, 3.63) is 23.8 Å². The molecule has 1 aliphatic heterocycles. The maximum atomic E-state index is 12.2. The van der Waals surface area contributed by atoms with Crippen molar-refractivity contribution < 1.29 is 19.0 Å². The third kappa shape index (κ3) is 4.72. The van der Waals surface area contributed by atoms with E-state index in [1.54, 1.807) is 32.4 Å². The van der Waals surface area contributed by atoms with Crippen LogP contribution in [0.4, 0.5) is 0 Å². The largest absolute Gasteiger partial charge is 0.497 e. The summed E-state index contributed by atoms with van der Waals surface area (Å²) in [7, 11) is 3.15. The fraction of sp³-hybridized carbons (Fsp3) is 0.562. The van der Waals surface area contributed by atoms with E-state index in [-0.39, 0.29) is 11.9 Å².